The number of hydrogen-bond acceptors (Lipinski definition) is 4. The molecule has 19 heavy (non-hydrogen) atoms. The number of nitro groups is 1. The Morgan fingerprint density at radius 3 is 2.53 bits per heavy atom. The van der Waals surface area contributed by atoms with Crippen LogP contribution in [0.5, 0.6) is 0 Å². The molecule has 0 aliphatic rings. The summed E-state index contributed by atoms with van der Waals surface area (Å²) in [5.74, 6) is 0. The Kier molecular flexibility index (Phi) is 3.27. The van der Waals surface area contributed by atoms with E-state index in [9.17, 15) is 23.3 Å². The summed E-state index contributed by atoms with van der Waals surface area (Å²) in [6.45, 7) is 1.76. The van der Waals surface area contributed by atoms with Gasteiger partial charge in [0.05, 0.1) is 16.1 Å². The number of aromatic nitrogens is 1. The largest absolute Gasteiger partial charge is 0.416 e. The predicted octanol–water partition coefficient (Wildman–Crippen LogP) is 4.05. The van der Waals surface area contributed by atoms with Crippen LogP contribution >= 0.6 is 11.3 Å². The molecule has 1 heterocycles. The van der Waals surface area contributed by atoms with E-state index in [1.54, 1.807) is 6.92 Å². The minimum absolute atomic E-state index is 0.0936. The summed E-state index contributed by atoms with van der Waals surface area (Å²) in [5.41, 5.74) is -1.54. The average Bonchev–Trinajstić information content (AvgIpc) is 2.73. The van der Waals surface area contributed by atoms with E-state index in [1.165, 1.54) is 17.5 Å². The van der Waals surface area contributed by atoms with Gasteiger partial charge in [0, 0.05) is 17.1 Å². The van der Waals surface area contributed by atoms with Crippen LogP contribution in [0.4, 0.5) is 18.9 Å². The highest BCUT2D eigenvalue weighted by atomic mass is 32.1. The van der Waals surface area contributed by atoms with E-state index < -0.39 is 22.4 Å². The van der Waals surface area contributed by atoms with Crippen molar-refractivity contribution < 1.29 is 18.1 Å². The van der Waals surface area contributed by atoms with Gasteiger partial charge in [0.25, 0.3) is 5.69 Å². The van der Waals surface area contributed by atoms with Crippen molar-refractivity contribution in [2.75, 3.05) is 0 Å². The highest BCUT2D eigenvalue weighted by molar-refractivity contribution is 7.15. The van der Waals surface area contributed by atoms with Gasteiger partial charge < -0.3 is 0 Å². The second-order valence-electron chi connectivity index (χ2n) is 3.76. The Morgan fingerprint density at radius 2 is 2.05 bits per heavy atom. The molecule has 4 nitrogen and oxygen atoms in total. The molecule has 0 spiro atoms. The van der Waals surface area contributed by atoms with Crippen LogP contribution in [0, 0.1) is 17.0 Å². The smallest absolute Gasteiger partial charge is 0.258 e. The maximum absolute atomic E-state index is 12.5. The van der Waals surface area contributed by atoms with Crippen LogP contribution in [0.15, 0.2) is 24.4 Å². The van der Waals surface area contributed by atoms with Crippen LogP contribution < -0.4 is 0 Å². The van der Waals surface area contributed by atoms with Crippen molar-refractivity contribution in [3.8, 4) is 10.6 Å². The highest BCUT2D eigenvalue weighted by Gasteiger charge is 2.33. The fourth-order valence-corrected chi connectivity index (χ4v) is 2.32. The number of rotatable bonds is 2. The van der Waals surface area contributed by atoms with Crippen LogP contribution in [0.3, 0.4) is 0 Å². The lowest BCUT2D eigenvalue weighted by Gasteiger charge is -2.07. The van der Waals surface area contributed by atoms with Crippen LogP contribution in [-0.4, -0.2) is 9.91 Å². The molecule has 8 heteroatoms. The quantitative estimate of drug-likeness (QED) is 0.619. The number of benzene rings is 1. The maximum Gasteiger partial charge on any atom is 0.416 e. The van der Waals surface area contributed by atoms with E-state index in [-0.39, 0.29) is 5.56 Å². The summed E-state index contributed by atoms with van der Waals surface area (Å²) < 4.78 is 37.6. The standard InChI is InChI=1S/C11H7F3N2O2S/c1-6-5-15-10(19-6)8-3-2-7(11(12,13)14)4-9(8)16(17)18/h2-5H,1H3. The number of nitrogens with zero attached hydrogens (tertiary/aromatic N) is 2. The normalized spacial score (nSPS) is 11.6. The third kappa shape index (κ3) is 2.73. The van der Waals surface area contributed by atoms with E-state index >= 15 is 0 Å². The molecule has 0 saturated carbocycles. The Bertz CT molecular complexity index is 637. The van der Waals surface area contributed by atoms with Crippen molar-refractivity contribution in [2.45, 2.75) is 13.1 Å². The van der Waals surface area contributed by atoms with Gasteiger partial charge in [-0.05, 0) is 19.1 Å². The van der Waals surface area contributed by atoms with Crippen LogP contribution in [0.25, 0.3) is 10.6 Å². The zero-order valence-electron chi connectivity index (χ0n) is 9.56. The molecule has 0 amide bonds. The molecule has 1 aromatic heterocycles. The first-order chi connectivity index (χ1) is 8.79. The lowest BCUT2D eigenvalue weighted by molar-refractivity contribution is -0.384. The molecular weight excluding hydrogens is 281 g/mol. The fraction of sp³-hybridized carbons (Fsp3) is 0.182. The summed E-state index contributed by atoms with van der Waals surface area (Å²) in [6.07, 6.45) is -3.09. The van der Waals surface area contributed by atoms with Crippen molar-refractivity contribution in [3.63, 3.8) is 0 Å². The second kappa shape index (κ2) is 4.61. The van der Waals surface area contributed by atoms with Crippen molar-refractivity contribution in [2.24, 2.45) is 0 Å². The first-order valence-electron chi connectivity index (χ1n) is 5.07. The number of thiazole rings is 1. The van der Waals surface area contributed by atoms with E-state index in [2.05, 4.69) is 4.98 Å². The van der Waals surface area contributed by atoms with Gasteiger partial charge in [-0.15, -0.1) is 11.3 Å². The van der Waals surface area contributed by atoms with Gasteiger partial charge in [-0.2, -0.15) is 13.2 Å². The first-order valence-corrected chi connectivity index (χ1v) is 5.89. The van der Waals surface area contributed by atoms with Gasteiger partial charge in [-0.1, -0.05) is 0 Å². The monoisotopic (exact) mass is 288 g/mol. The third-order valence-electron chi connectivity index (χ3n) is 2.37. The van der Waals surface area contributed by atoms with Crippen molar-refractivity contribution >= 4 is 17.0 Å². The zero-order valence-corrected chi connectivity index (χ0v) is 10.4. The third-order valence-corrected chi connectivity index (χ3v) is 3.32. The molecule has 0 fully saturated rings. The van der Waals surface area contributed by atoms with Crippen LogP contribution in [0.2, 0.25) is 0 Å². The summed E-state index contributed by atoms with van der Waals surface area (Å²) >= 11 is 1.19. The Hall–Kier alpha value is -1.96. The van der Waals surface area contributed by atoms with Gasteiger partial charge in [0.15, 0.2) is 0 Å². The highest BCUT2D eigenvalue weighted by Crippen LogP contribution is 2.37. The molecule has 0 aliphatic carbocycles. The van der Waals surface area contributed by atoms with Crippen molar-refractivity contribution in [1.29, 1.82) is 0 Å². The van der Waals surface area contributed by atoms with E-state index in [0.717, 1.165) is 17.0 Å². The van der Waals surface area contributed by atoms with Gasteiger partial charge in [0.2, 0.25) is 0 Å². The van der Waals surface area contributed by atoms with Crippen LogP contribution in [0.1, 0.15) is 10.4 Å². The van der Waals surface area contributed by atoms with E-state index in [1.807, 2.05) is 0 Å². The topological polar surface area (TPSA) is 56.0 Å². The minimum atomic E-state index is -4.61. The fourth-order valence-electron chi connectivity index (χ4n) is 1.52. The summed E-state index contributed by atoms with van der Waals surface area (Å²) in [6, 6.07) is 2.43. The number of aryl methyl sites for hydroxylation is 1. The number of alkyl halides is 3. The molecule has 0 bridgehead atoms. The molecule has 100 valence electrons. The molecule has 0 N–H and O–H groups in total. The summed E-state index contributed by atoms with van der Waals surface area (Å²) in [7, 11) is 0. The Morgan fingerprint density at radius 1 is 1.37 bits per heavy atom. The van der Waals surface area contributed by atoms with Gasteiger partial charge in [0.1, 0.15) is 5.01 Å². The number of nitro benzene ring substituents is 1. The lowest BCUT2D eigenvalue weighted by atomic mass is 10.1. The SMILES string of the molecule is Cc1cnc(-c2ccc(C(F)(F)F)cc2[N+](=O)[O-])s1. The van der Waals surface area contributed by atoms with Gasteiger partial charge in [-0.25, -0.2) is 4.98 Å². The number of hydrogen-bond donors (Lipinski definition) is 0. The molecule has 0 unspecified atom stereocenters. The zero-order chi connectivity index (χ0) is 14.2. The molecule has 2 aromatic rings. The van der Waals surface area contributed by atoms with Gasteiger partial charge in [-0.3, -0.25) is 10.1 Å². The molecule has 2 rings (SSSR count). The van der Waals surface area contributed by atoms with E-state index in [0.29, 0.717) is 11.1 Å². The molecule has 0 saturated heterocycles. The lowest BCUT2D eigenvalue weighted by Crippen LogP contribution is -2.06. The Labute approximate surface area is 109 Å². The Balaban J connectivity index is 2.60. The van der Waals surface area contributed by atoms with Crippen LogP contribution in [-0.2, 0) is 6.18 Å². The van der Waals surface area contributed by atoms with Crippen molar-refractivity contribution in [3.05, 3.63) is 45.0 Å². The average molecular weight is 288 g/mol. The van der Waals surface area contributed by atoms with Crippen molar-refractivity contribution in [1.82, 2.24) is 4.98 Å². The number of halogens is 3. The second-order valence-corrected chi connectivity index (χ2v) is 5.00. The van der Waals surface area contributed by atoms with E-state index in [4.69, 9.17) is 0 Å². The molecule has 0 radical (unpaired) electrons. The predicted molar refractivity (Wildman–Crippen MR) is 63.9 cm³/mol. The van der Waals surface area contributed by atoms with Gasteiger partial charge >= 0.3 is 6.18 Å². The summed E-state index contributed by atoms with van der Waals surface area (Å²) in [4.78, 5) is 14.8. The molecule has 1 aromatic carbocycles. The first kappa shape index (κ1) is 13.5. The molecular formula is C11H7F3N2O2S. The maximum atomic E-state index is 12.5. The summed E-state index contributed by atoms with van der Waals surface area (Å²) in [5, 5.41) is 11.2. The molecule has 0 aliphatic heterocycles. The minimum Gasteiger partial charge on any atom is -0.258 e. The molecule has 0 atom stereocenters.